The number of rotatable bonds is 22. The standard InChI is InChI=1S/C39H54O7/c1-3-5-14-29-43-34-23-21-33(22-24-34)39(42)46-36-27-25-35(26-28-36)45-38(41)32-19-17-31(18-20-32)16-13-11-9-7-6-8-10-12-15-30-44-37(40)4-2/h4,17-20,25-28,33-34H,2-3,5-16,21-24,29-30H2,1H3. The molecule has 46 heavy (non-hydrogen) atoms. The Morgan fingerprint density at radius 2 is 1.26 bits per heavy atom. The SMILES string of the molecule is C=CC(=O)OCCCCCCCCCCCc1ccc(C(=O)Oc2ccc(OC(=O)C3CCC(OCCCCC)CC3)cc2)cc1. The van der Waals surface area contributed by atoms with Crippen LogP contribution >= 0.6 is 0 Å². The van der Waals surface area contributed by atoms with Crippen LogP contribution in [0.15, 0.2) is 61.2 Å². The molecule has 0 saturated heterocycles. The Bertz CT molecular complexity index is 1160. The van der Waals surface area contributed by atoms with Gasteiger partial charge in [0.2, 0.25) is 0 Å². The van der Waals surface area contributed by atoms with E-state index in [-0.39, 0.29) is 24.0 Å². The minimum Gasteiger partial charge on any atom is -0.463 e. The molecule has 0 radical (unpaired) electrons. The molecule has 0 unspecified atom stereocenters. The van der Waals surface area contributed by atoms with Crippen LogP contribution in [0.2, 0.25) is 0 Å². The van der Waals surface area contributed by atoms with Gasteiger partial charge in [-0.3, -0.25) is 4.79 Å². The summed E-state index contributed by atoms with van der Waals surface area (Å²) in [4.78, 5) is 36.3. The van der Waals surface area contributed by atoms with Crippen molar-refractivity contribution in [3.63, 3.8) is 0 Å². The van der Waals surface area contributed by atoms with Crippen molar-refractivity contribution in [2.45, 2.75) is 122 Å². The molecule has 7 heteroatoms. The highest BCUT2D eigenvalue weighted by molar-refractivity contribution is 5.91. The van der Waals surface area contributed by atoms with Gasteiger partial charge < -0.3 is 18.9 Å². The Labute approximate surface area is 276 Å². The Morgan fingerprint density at radius 3 is 1.87 bits per heavy atom. The van der Waals surface area contributed by atoms with Crippen molar-refractivity contribution < 1.29 is 33.3 Å². The van der Waals surface area contributed by atoms with Gasteiger partial charge in [0, 0.05) is 12.7 Å². The van der Waals surface area contributed by atoms with Crippen LogP contribution in [-0.4, -0.2) is 37.2 Å². The van der Waals surface area contributed by atoms with Crippen LogP contribution in [0.5, 0.6) is 11.5 Å². The molecule has 0 spiro atoms. The van der Waals surface area contributed by atoms with Crippen LogP contribution in [0.4, 0.5) is 0 Å². The third-order valence-corrected chi connectivity index (χ3v) is 8.57. The zero-order valence-corrected chi connectivity index (χ0v) is 27.9. The first kappa shape index (κ1) is 37.0. The van der Waals surface area contributed by atoms with Crippen molar-refractivity contribution in [3.8, 4) is 11.5 Å². The number of ether oxygens (including phenoxy) is 4. The normalized spacial score (nSPS) is 16.0. The summed E-state index contributed by atoms with van der Waals surface area (Å²) in [6.45, 7) is 6.87. The maximum absolute atomic E-state index is 12.7. The van der Waals surface area contributed by atoms with Crippen LogP contribution in [0.1, 0.15) is 126 Å². The van der Waals surface area contributed by atoms with E-state index < -0.39 is 5.97 Å². The number of esters is 3. The molecule has 0 atom stereocenters. The second-order valence-corrected chi connectivity index (χ2v) is 12.3. The third kappa shape index (κ3) is 14.8. The summed E-state index contributed by atoms with van der Waals surface area (Å²) in [5.41, 5.74) is 1.72. The van der Waals surface area contributed by atoms with Gasteiger partial charge in [0.25, 0.3) is 0 Å². The molecule has 0 aromatic heterocycles. The molecule has 2 aromatic carbocycles. The van der Waals surface area contributed by atoms with E-state index in [0.29, 0.717) is 23.7 Å². The summed E-state index contributed by atoms with van der Waals surface area (Å²) in [6, 6.07) is 14.3. The molecule has 7 nitrogen and oxygen atoms in total. The minimum absolute atomic E-state index is 0.105. The Hall–Kier alpha value is -3.45. The van der Waals surface area contributed by atoms with E-state index in [2.05, 4.69) is 13.5 Å². The number of hydrogen-bond donors (Lipinski definition) is 0. The second kappa shape index (κ2) is 22.1. The Balaban J connectivity index is 1.25. The van der Waals surface area contributed by atoms with Crippen molar-refractivity contribution in [2.24, 2.45) is 5.92 Å². The van der Waals surface area contributed by atoms with Crippen molar-refractivity contribution in [2.75, 3.05) is 13.2 Å². The number of benzene rings is 2. The van der Waals surface area contributed by atoms with E-state index in [1.54, 1.807) is 24.3 Å². The summed E-state index contributed by atoms with van der Waals surface area (Å²) in [6.07, 6.45) is 19.7. The molecule has 1 aliphatic rings. The molecule has 0 N–H and O–H groups in total. The van der Waals surface area contributed by atoms with Crippen LogP contribution in [0.25, 0.3) is 0 Å². The van der Waals surface area contributed by atoms with Crippen LogP contribution in [0, 0.1) is 5.92 Å². The molecule has 2 aromatic rings. The topological polar surface area (TPSA) is 88.1 Å². The summed E-state index contributed by atoms with van der Waals surface area (Å²) in [7, 11) is 0. The highest BCUT2D eigenvalue weighted by atomic mass is 16.5. The highest BCUT2D eigenvalue weighted by Crippen LogP contribution is 2.29. The predicted molar refractivity (Wildman–Crippen MR) is 181 cm³/mol. The van der Waals surface area contributed by atoms with Gasteiger partial charge in [0.05, 0.1) is 24.2 Å². The minimum atomic E-state index is -0.414. The lowest BCUT2D eigenvalue weighted by atomic mass is 9.87. The van der Waals surface area contributed by atoms with Crippen molar-refractivity contribution in [3.05, 3.63) is 72.3 Å². The lowest BCUT2D eigenvalue weighted by molar-refractivity contribution is -0.141. The van der Waals surface area contributed by atoms with Gasteiger partial charge in [0.1, 0.15) is 11.5 Å². The summed E-state index contributed by atoms with van der Waals surface area (Å²) < 4.78 is 22.1. The molecule has 1 fully saturated rings. The van der Waals surface area contributed by atoms with Crippen molar-refractivity contribution >= 4 is 17.9 Å². The van der Waals surface area contributed by atoms with Crippen LogP contribution < -0.4 is 9.47 Å². The third-order valence-electron chi connectivity index (χ3n) is 8.57. The van der Waals surface area contributed by atoms with Gasteiger partial charge in [-0.1, -0.05) is 83.4 Å². The lowest BCUT2D eigenvalue weighted by Gasteiger charge is -2.27. The summed E-state index contributed by atoms with van der Waals surface area (Å²) in [5.74, 6) is -0.209. The van der Waals surface area contributed by atoms with E-state index >= 15 is 0 Å². The zero-order chi connectivity index (χ0) is 32.8. The van der Waals surface area contributed by atoms with E-state index in [4.69, 9.17) is 18.9 Å². The number of hydrogen-bond acceptors (Lipinski definition) is 7. The first-order valence-corrected chi connectivity index (χ1v) is 17.5. The van der Waals surface area contributed by atoms with Gasteiger partial charge in [-0.05, 0) is 93.3 Å². The van der Waals surface area contributed by atoms with E-state index in [0.717, 1.165) is 64.4 Å². The fourth-order valence-electron chi connectivity index (χ4n) is 5.72. The maximum Gasteiger partial charge on any atom is 0.343 e. The quantitative estimate of drug-likeness (QED) is 0.0552. The molecule has 0 bridgehead atoms. The first-order chi connectivity index (χ1) is 22.5. The van der Waals surface area contributed by atoms with E-state index in [1.165, 1.54) is 63.0 Å². The molecular formula is C39H54O7. The largest absolute Gasteiger partial charge is 0.463 e. The smallest absolute Gasteiger partial charge is 0.343 e. The van der Waals surface area contributed by atoms with Crippen molar-refractivity contribution in [1.29, 1.82) is 0 Å². The van der Waals surface area contributed by atoms with Crippen LogP contribution in [-0.2, 0) is 25.5 Å². The molecule has 252 valence electrons. The van der Waals surface area contributed by atoms with Gasteiger partial charge >= 0.3 is 17.9 Å². The molecular weight excluding hydrogens is 580 g/mol. The number of aryl methyl sites for hydroxylation is 1. The summed E-state index contributed by atoms with van der Waals surface area (Å²) in [5, 5.41) is 0. The average molecular weight is 635 g/mol. The van der Waals surface area contributed by atoms with E-state index in [1.807, 2.05) is 24.3 Å². The molecule has 0 amide bonds. The predicted octanol–water partition coefficient (Wildman–Crippen LogP) is 9.36. The molecule has 3 rings (SSSR count). The molecule has 0 aliphatic heterocycles. The average Bonchev–Trinajstić information content (AvgIpc) is 3.08. The summed E-state index contributed by atoms with van der Waals surface area (Å²) >= 11 is 0. The lowest BCUT2D eigenvalue weighted by Crippen LogP contribution is -2.29. The number of carbonyl (C=O) groups excluding carboxylic acids is 3. The highest BCUT2D eigenvalue weighted by Gasteiger charge is 2.28. The fourth-order valence-corrected chi connectivity index (χ4v) is 5.72. The monoisotopic (exact) mass is 634 g/mol. The van der Waals surface area contributed by atoms with Gasteiger partial charge in [-0.15, -0.1) is 0 Å². The van der Waals surface area contributed by atoms with Crippen LogP contribution in [0.3, 0.4) is 0 Å². The number of carbonyl (C=O) groups is 3. The molecule has 1 saturated carbocycles. The van der Waals surface area contributed by atoms with E-state index in [9.17, 15) is 14.4 Å². The molecule has 1 aliphatic carbocycles. The van der Waals surface area contributed by atoms with Gasteiger partial charge in [-0.25, -0.2) is 9.59 Å². The van der Waals surface area contributed by atoms with Gasteiger partial charge in [-0.2, -0.15) is 0 Å². The van der Waals surface area contributed by atoms with Crippen molar-refractivity contribution in [1.82, 2.24) is 0 Å². The van der Waals surface area contributed by atoms with Gasteiger partial charge in [0.15, 0.2) is 0 Å². The Kier molecular flexibility index (Phi) is 17.8. The fraction of sp³-hybridized carbons (Fsp3) is 0.564. The Morgan fingerprint density at radius 1 is 0.696 bits per heavy atom. The second-order valence-electron chi connectivity index (χ2n) is 12.3. The first-order valence-electron chi connectivity index (χ1n) is 17.5. The molecule has 0 heterocycles. The number of unbranched alkanes of at least 4 members (excludes halogenated alkanes) is 10. The zero-order valence-electron chi connectivity index (χ0n) is 27.9. The maximum atomic E-state index is 12.7.